The Morgan fingerprint density at radius 1 is 0.962 bits per heavy atom. The molecular formula is C20H20F3NO2. The second kappa shape index (κ2) is 6.87. The first-order valence-corrected chi connectivity index (χ1v) is 8.11. The molecule has 0 aliphatic heterocycles. The third kappa shape index (κ3) is 2.94. The van der Waals surface area contributed by atoms with Crippen molar-refractivity contribution in [2.45, 2.75) is 11.7 Å². The first kappa shape index (κ1) is 18.6. The smallest absolute Gasteiger partial charge is 0.380 e. The molecule has 0 heterocycles. The molecule has 2 N–H and O–H groups in total. The van der Waals surface area contributed by atoms with E-state index in [0.717, 1.165) is 17.7 Å². The van der Waals surface area contributed by atoms with Crippen LogP contribution in [0.15, 0.2) is 54.1 Å². The highest BCUT2D eigenvalue weighted by atomic mass is 19.4. The minimum atomic E-state index is -4.43. The summed E-state index contributed by atoms with van der Waals surface area (Å²) in [6, 6.07) is 13.0. The fourth-order valence-corrected chi connectivity index (χ4v) is 3.56. The fraction of sp³-hybridized carbons (Fsp3) is 0.300. The minimum absolute atomic E-state index is 0.152. The van der Waals surface area contributed by atoms with Crippen molar-refractivity contribution >= 4 is 5.57 Å². The van der Waals surface area contributed by atoms with Crippen LogP contribution >= 0.6 is 0 Å². The molecule has 0 amide bonds. The molecule has 3 rings (SSSR count). The number of methoxy groups -OCH3 is 2. The normalized spacial score (nSPS) is 19.8. The predicted molar refractivity (Wildman–Crippen MR) is 93.5 cm³/mol. The van der Waals surface area contributed by atoms with Gasteiger partial charge in [-0.2, -0.15) is 13.2 Å². The summed E-state index contributed by atoms with van der Waals surface area (Å²) in [7, 11) is 3.04. The highest BCUT2D eigenvalue weighted by molar-refractivity contribution is 5.83. The molecule has 3 nitrogen and oxygen atoms in total. The van der Waals surface area contributed by atoms with Crippen LogP contribution in [0.5, 0.6) is 0 Å². The van der Waals surface area contributed by atoms with E-state index in [-0.39, 0.29) is 13.2 Å². The number of ether oxygens (including phenoxy) is 2. The molecule has 26 heavy (non-hydrogen) atoms. The lowest BCUT2D eigenvalue weighted by molar-refractivity contribution is -0.137. The maximum absolute atomic E-state index is 13.2. The van der Waals surface area contributed by atoms with E-state index in [9.17, 15) is 13.2 Å². The van der Waals surface area contributed by atoms with Crippen molar-refractivity contribution in [2.75, 3.05) is 27.4 Å². The van der Waals surface area contributed by atoms with E-state index in [1.165, 1.54) is 20.3 Å². The molecule has 0 unspecified atom stereocenters. The van der Waals surface area contributed by atoms with Gasteiger partial charge in [0.1, 0.15) is 0 Å². The number of hydrogen-bond donors (Lipinski definition) is 1. The Balaban J connectivity index is 2.29. The Bertz CT molecular complexity index is 831. The van der Waals surface area contributed by atoms with Crippen molar-refractivity contribution in [3.05, 3.63) is 76.4 Å². The van der Waals surface area contributed by atoms with Crippen LogP contribution in [-0.2, 0) is 21.2 Å². The van der Waals surface area contributed by atoms with Crippen LogP contribution in [0, 0.1) is 0 Å². The van der Waals surface area contributed by atoms with Crippen molar-refractivity contribution in [3.8, 4) is 0 Å². The maximum atomic E-state index is 13.2. The van der Waals surface area contributed by atoms with Gasteiger partial charge in [-0.1, -0.05) is 36.4 Å². The standard InChI is InChI=1S/C20H20F3NO2/c1-25-11-16-15-10-14(20(21,22)23)8-9-17(15)19(24,18(16)12-26-2)13-6-4-3-5-7-13/h3-10H,11-12,24H2,1-2H3/t19-/m0/s1. The van der Waals surface area contributed by atoms with E-state index in [0.29, 0.717) is 22.3 Å². The molecule has 0 saturated heterocycles. The van der Waals surface area contributed by atoms with Gasteiger partial charge in [-0.3, -0.25) is 0 Å². The zero-order valence-electron chi connectivity index (χ0n) is 14.6. The quantitative estimate of drug-likeness (QED) is 0.874. The first-order chi connectivity index (χ1) is 12.3. The highest BCUT2D eigenvalue weighted by Crippen LogP contribution is 2.48. The summed E-state index contributed by atoms with van der Waals surface area (Å²) in [5.41, 5.74) is 8.27. The monoisotopic (exact) mass is 363 g/mol. The Morgan fingerprint density at radius 2 is 1.62 bits per heavy atom. The van der Waals surface area contributed by atoms with Crippen molar-refractivity contribution in [1.29, 1.82) is 0 Å². The third-order valence-corrected chi connectivity index (χ3v) is 4.74. The molecule has 2 aromatic carbocycles. The highest BCUT2D eigenvalue weighted by Gasteiger charge is 2.44. The molecule has 0 fully saturated rings. The van der Waals surface area contributed by atoms with Crippen molar-refractivity contribution in [1.82, 2.24) is 0 Å². The van der Waals surface area contributed by atoms with Gasteiger partial charge in [0.2, 0.25) is 0 Å². The number of halogens is 3. The summed E-state index contributed by atoms with van der Waals surface area (Å²) in [5, 5.41) is 0. The number of rotatable bonds is 5. The van der Waals surface area contributed by atoms with Gasteiger partial charge in [0.15, 0.2) is 0 Å². The van der Waals surface area contributed by atoms with E-state index < -0.39 is 17.3 Å². The van der Waals surface area contributed by atoms with Gasteiger partial charge >= 0.3 is 6.18 Å². The second-order valence-electron chi connectivity index (χ2n) is 6.26. The lowest BCUT2D eigenvalue weighted by Gasteiger charge is -2.30. The van der Waals surface area contributed by atoms with Gasteiger partial charge in [-0.05, 0) is 40.0 Å². The Morgan fingerprint density at radius 3 is 2.19 bits per heavy atom. The molecule has 138 valence electrons. The van der Waals surface area contributed by atoms with Gasteiger partial charge in [0.25, 0.3) is 0 Å². The zero-order valence-corrected chi connectivity index (χ0v) is 14.6. The topological polar surface area (TPSA) is 44.5 Å². The van der Waals surface area contributed by atoms with Gasteiger partial charge in [0, 0.05) is 14.2 Å². The maximum Gasteiger partial charge on any atom is 0.416 e. The van der Waals surface area contributed by atoms with Crippen molar-refractivity contribution in [3.63, 3.8) is 0 Å². The van der Waals surface area contributed by atoms with Crippen LogP contribution in [-0.4, -0.2) is 27.4 Å². The molecule has 0 bridgehead atoms. The molecule has 6 heteroatoms. The molecule has 0 aromatic heterocycles. The fourth-order valence-electron chi connectivity index (χ4n) is 3.56. The molecule has 1 aliphatic carbocycles. The average Bonchev–Trinajstić information content (AvgIpc) is 2.86. The van der Waals surface area contributed by atoms with E-state index >= 15 is 0 Å². The van der Waals surface area contributed by atoms with Gasteiger partial charge in [-0.25, -0.2) is 0 Å². The van der Waals surface area contributed by atoms with Crippen LogP contribution in [0.2, 0.25) is 0 Å². The summed E-state index contributed by atoms with van der Waals surface area (Å²) in [5.74, 6) is 0. The molecule has 0 spiro atoms. The lowest BCUT2D eigenvalue weighted by Crippen LogP contribution is -2.39. The zero-order chi connectivity index (χ0) is 18.9. The average molecular weight is 363 g/mol. The summed E-state index contributed by atoms with van der Waals surface area (Å²) in [6.07, 6.45) is -4.43. The summed E-state index contributed by atoms with van der Waals surface area (Å²) in [4.78, 5) is 0. The van der Waals surface area contributed by atoms with Crippen molar-refractivity contribution < 1.29 is 22.6 Å². The Kier molecular flexibility index (Phi) is 4.92. The number of fused-ring (bicyclic) bond motifs is 1. The summed E-state index contributed by atoms with van der Waals surface area (Å²) < 4.78 is 50.3. The van der Waals surface area contributed by atoms with Crippen LogP contribution in [0.25, 0.3) is 5.57 Å². The molecule has 0 saturated carbocycles. The summed E-state index contributed by atoms with van der Waals surface area (Å²) in [6.45, 7) is 0.346. The molecule has 1 aliphatic rings. The molecular weight excluding hydrogens is 343 g/mol. The van der Waals surface area contributed by atoms with Gasteiger partial charge in [0.05, 0.1) is 24.3 Å². The predicted octanol–water partition coefficient (Wildman–Crippen LogP) is 3.97. The second-order valence-corrected chi connectivity index (χ2v) is 6.26. The van der Waals surface area contributed by atoms with E-state index in [2.05, 4.69) is 0 Å². The Labute approximate surface area is 150 Å². The van der Waals surface area contributed by atoms with Crippen LogP contribution in [0.3, 0.4) is 0 Å². The number of hydrogen-bond acceptors (Lipinski definition) is 3. The van der Waals surface area contributed by atoms with Crippen LogP contribution < -0.4 is 5.73 Å². The van der Waals surface area contributed by atoms with E-state index in [4.69, 9.17) is 15.2 Å². The van der Waals surface area contributed by atoms with Gasteiger partial charge < -0.3 is 15.2 Å². The SMILES string of the molecule is COCC1=C(COC)[C@](N)(c2ccccc2)c2ccc(C(F)(F)F)cc21. The van der Waals surface area contributed by atoms with E-state index in [1.807, 2.05) is 30.3 Å². The van der Waals surface area contributed by atoms with Crippen LogP contribution in [0.4, 0.5) is 13.2 Å². The lowest BCUT2D eigenvalue weighted by atomic mass is 9.80. The third-order valence-electron chi connectivity index (χ3n) is 4.74. The van der Waals surface area contributed by atoms with E-state index in [1.54, 1.807) is 0 Å². The molecule has 2 aromatic rings. The van der Waals surface area contributed by atoms with Crippen LogP contribution in [0.1, 0.15) is 22.3 Å². The van der Waals surface area contributed by atoms with Gasteiger partial charge in [-0.15, -0.1) is 0 Å². The number of nitrogens with two attached hydrogens (primary N) is 1. The summed E-state index contributed by atoms with van der Waals surface area (Å²) >= 11 is 0. The van der Waals surface area contributed by atoms with Crippen molar-refractivity contribution in [2.24, 2.45) is 5.73 Å². The molecule has 1 atom stereocenters. The number of alkyl halides is 3. The first-order valence-electron chi connectivity index (χ1n) is 8.11. The largest absolute Gasteiger partial charge is 0.416 e. The number of benzene rings is 2. The Hall–Kier alpha value is -2.15. The molecule has 0 radical (unpaired) electrons. The minimum Gasteiger partial charge on any atom is -0.380 e.